The van der Waals surface area contributed by atoms with Gasteiger partial charge in [0.15, 0.2) is 0 Å². The van der Waals surface area contributed by atoms with Crippen LogP contribution < -0.4 is 10.6 Å². The second-order valence-electron chi connectivity index (χ2n) is 8.60. The summed E-state index contributed by atoms with van der Waals surface area (Å²) in [6.45, 7) is 5.93. The van der Waals surface area contributed by atoms with E-state index in [0.717, 1.165) is 18.9 Å². The number of carbonyl (C=O) groups is 1. The summed E-state index contributed by atoms with van der Waals surface area (Å²) in [6, 6.07) is 11.1. The smallest absolute Gasteiger partial charge is 0.217 e. The van der Waals surface area contributed by atoms with Gasteiger partial charge in [0.2, 0.25) is 5.91 Å². The Balaban J connectivity index is 1.69. The first kappa shape index (κ1) is 22.4. The Morgan fingerprint density at radius 1 is 1.13 bits per heavy atom. The molecule has 0 radical (unpaired) electrons. The van der Waals surface area contributed by atoms with Crippen molar-refractivity contribution in [2.75, 3.05) is 6.54 Å². The molecule has 2 atom stereocenters. The highest BCUT2D eigenvalue weighted by atomic mass is 19.1. The molecule has 1 saturated carbocycles. The van der Waals surface area contributed by atoms with E-state index in [9.17, 15) is 18.7 Å². The van der Waals surface area contributed by atoms with E-state index in [-0.39, 0.29) is 24.4 Å². The van der Waals surface area contributed by atoms with Crippen molar-refractivity contribution < 1.29 is 18.7 Å². The monoisotopic (exact) mass is 416 g/mol. The molecule has 1 aliphatic rings. The summed E-state index contributed by atoms with van der Waals surface area (Å²) in [5.74, 6) is -1.23. The molecule has 0 spiro atoms. The summed E-state index contributed by atoms with van der Waals surface area (Å²) >= 11 is 0. The van der Waals surface area contributed by atoms with Crippen LogP contribution in [0.2, 0.25) is 0 Å². The number of aliphatic hydroxyl groups is 1. The lowest BCUT2D eigenvalue weighted by molar-refractivity contribution is -0.120. The van der Waals surface area contributed by atoms with E-state index in [4.69, 9.17) is 0 Å². The number of aliphatic hydroxyl groups excluding tert-OH is 1. The molecule has 0 heterocycles. The van der Waals surface area contributed by atoms with E-state index in [1.54, 1.807) is 0 Å². The molecule has 0 aromatic heterocycles. The third-order valence-electron chi connectivity index (χ3n) is 5.74. The lowest BCUT2D eigenvalue weighted by atomic mass is 9.96. The van der Waals surface area contributed by atoms with Gasteiger partial charge in [-0.1, -0.05) is 38.1 Å². The SMILES string of the molecule is CC(=O)N[C@@H](Cc1cc(F)cc(F)c1)[C@H](O)CNC1(c2cccc(C(C)C)c2)CC1. The minimum atomic E-state index is -0.911. The minimum absolute atomic E-state index is 0.132. The molecule has 3 rings (SSSR count). The first-order valence-corrected chi connectivity index (χ1v) is 10.4. The topological polar surface area (TPSA) is 61.4 Å². The van der Waals surface area contributed by atoms with Gasteiger partial charge in [-0.15, -0.1) is 0 Å². The van der Waals surface area contributed by atoms with Crippen molar-refractivity contribution >= 4 is 5.91 Å². The molecule has 30 heavy (non-hydrogen) atoms. The lowest BCUT2D eigenvalue weighted by Gasteiger charge is -2.27. The predicted molar refractivity (Wildman–Crippen MR) is 113 cm³/mol. The van der Waals surface area contributed by atoms with Gasteiger partial charge in [0.25, 0.3) is 0 Å². The summed E-state index contributed by atoms with van der Waals surface area (Å²) in [7, 11) is 0. The Morgan fingerprint density at radius 2 is 1.80 bits per heavy atom. The molecule has 0 unspecified atom stereocenters. The molecule has 2 aromatic rings. The number of halogens is 2. The molecule has 4 nitrogen and oxygen atoms in total. The summed E-state index contributed by atoms with van der Waals surface area (Å²) in [6.07, 6.45) is 1.17. The zero-order chi connectivity index (χ0) is 21.9. The number of hydrogen-bond acceptors (Lipinski definition) is 3. The van der Waals surface area contributed by atoms with E-state index in [1.807, 2.05) is 0 Å². The molecule has 6 heteroatoms. The Hall–Kier alpha value is -2.31. The third-order valence-corrected chi connectivity index (χ3v) is 5.74. The highest BCUT2D eigenvalue weighted by Gasteiger charge is 2.44. The maximum absolute atomic E-state index is 13.5. The van der Waals surface area contributed by atoms with Crippen LogP contribution in [0.25, 0.3) is 0 Å². The van der Waals surface area contributed by atoms with E-state index >= 15 is 0 Å². The number of benzene rings is 2. The number of rotatable bonds is 9. The largest absolute Gasteiger partial charge is 0.390 e. The van der Waals surface area contributed by atoms with Gasteiger partial charge in [0.05, 0.1) is 12.1 Å². The van der Waals surface area contributed by atoms with Gasteiger partial charge in [0, 0.05) is 25.1 Å². The maximum Gasteiger partial charge on any atom is 0.217 e. The number of nitrogens with one attached hydrogen (secondary N) is 2. The molecule has 0 saturated heterocycles. The molecular formula is C24H30F2N2O2. The van der Waals surface area contributed by atoms with Gasteiger partial charge in [0.1, 0.15) is 11.6 Å². The fourth-order valence-electron chi connectivity index (χ4n) is 3.86. The highest BCUT2D eigenvalue weighted by Crippen LogP contribution is 2.46. The van der Waals surface area contributed by atoms with Gasteiger partial charge in [-0.25, -0.2) is 8.78 Å². The van der Waals surface area contributed by atoms with E-state index in [1.165, 1.54) is 30.2 Å². The third kappa shape index (κ3) is 5.64. The summed E-state index contributed by atoms with van der Waals surface area (Å²) < 4.78 is 27.1. The van der Waals surface area contributed by atoms with Crippen LogP contribution in [0.1, 0.15) is 56.2 Å². The second kappa shape index (κ2) is 9.23. The van der Waals surface area contributed by atoms with Gasteiger partial charge in [-0.05, 0) is 54.0 Å². The van der Waals surface area contributed by atoms with Crippen LogP contribution in [0, 0.1) is 11.6 Å². The van der Waals surface area contributed by atoms with Gasteiger partial charge < -0.3 is 15.7 Å². The standard InChI is InChI=1S/C24H30F2N2O2/c1-15(2)18-5-4-6-19(12-18)24(7-8-24)27-14-23(30)22(28-16(3)29)11-17-9-20(25)13-21(26)10-17/h4-6,9-10,12-13,15,22-23,27,30H,7-8,11,14H2,1-3H3,(H,28,29)/t22-,23+/m0/s1. The number of hydrogen-bond donors (Lipinski definition) is 3. The molecule has 0 aliphatic heterocycles. The molecule has 162 valence electrons. The molecule has 1 amide bonds. The summed E-state index contributed by atoms with van der Waals surface area (Å²) in [4.78, 5) is 11.6. The fourth-order valence-corrected chi connectivity index (χ4v) is 3.86. The van der Waals surface area contributed by atoms with Crippen LogP contribution >= 0.6 is 0 Å². The van der Waals surface area contributed by atoms with Crippen LogP contribution in [-0.4, -0.2) is 29.7 Å². The Labute approximate surface area is 176 Å². The predicted octanol–water partition coefficient (Wildman–Crippen LogP) is 3.78. The Bertz CT molecular complexity index is 876. The van der Waals surface area contributed by atoms with Crippen LogP contribution in [0.15, 0.2) is 42.5 Å². The average molecular weight is 417 g/mol. The summed E-state index contributed by atoms with van der Waals surface area (Å²) in [5.41, 5.74) is 2.68. The average Bonchev–Trinajstić information content (AvgIpc) is 3.46. The van der Waals surface area contributed by atoms with E-state index in [2.05, 4.69) is 48.7 Å². The molecule has 3 N–H and O–H groups in total. The van der Waals surface area contributed by atoms with Gasteiger partial charge in [-0.3, -0.25) is 4.79 Å². The van der Waals surface area contributed by atoms with Crippen LogP contribution in [0.5, 0.6) is 0 Å². The molecule has 0 bridgehead atoms. The van der Waals surface area contributed by atoms with Crippen molar-refractivity contribution in [2.45, 2.75) is 63.6 Å². The van der Waals surface area contributed by atoms with Crippen molar-refractivity contribution in [3.8, 4) is 0 Å². The van der Waals surface area contributed by atoms with Crippen molar-refractivity contribution in [1.82, 2.24) is 10.6 Å². The van der Waals surface area contributed by atoms with Crippen molar-refractivity contribution in [3.05, 3.63) is 70.8 Å². The molecular weight excluding hydrogens is 386 g/mol. The quantitative estimate of drug-likeness (QED) is 0.583. The lowest BCUT2D eigenvalue weighted by Crippen LogP contribution is -2.49. The Morgan fingerprint density at radius 3 is 2.37 bits per heavy atom. The van der Waals surface area contributed by atoms with Gasteiger partial charge >= 0.3 is 0 Å². The molecule has 1 aliphatic carbocycles. The Kier molecular flexibility index (Phi) is 6.88. The first-order valence-electron chi connectivity index (χ1n) is 10.4. The highest BCUT2D eigenvalue weighted by molar-refractivity contribution is 5.73. The number of carbonyl (C=O) groups excluding carboxylic acids is 1. The number of amides is 1. The maximum atomic E-state index is 13.5. The fraction of sp³-hybridized carbons (Fsp3) is 0.458. The van der Waals surface area contributed by atoms with E-state index in [0.29, 0.717) is 11.5 Å². The van der Waals surface area contributed by atoms with E-state index < -0.39 is 23.8 Å². The normalized spacial score (nSPS) is 16.9. The van der Waals surface area contributed by atoms with Gasteiger partial charge in [-0.2, -0.15) is 0 Å². The minimum Gasteiger partial charge on any atom is -0.390 e. The van der Waals surface area contributed by atoms with Crippen LogP contribution in [0.4, 0.5) is 8.78 Å². The van der Waals surface area contributed by atoms with Crippen molar-refractivity contribution in [1.29, 1.82) is 0 Å². The summed E-state index contributed by atoms with van der Waals surface area (Å²) in [5, 5.41) is 17.0. The zero-order valence-corrected chi connectivity index (χ0v) is 17.7. The second-order valence-corrected chi connectivity index (χ2v) is 8.60. The van der Waals surface area contributed by atoms with Crippen molar-refractivity contribution in [2.24, 2.45) is 0 Å². The first-order chi connectivity index (χ1) is 14.2. The van der Waals surface area contributed by atoms with Crippen LogP contribution in [-0.2, 0) is 16.8 Å². The zero-order valence-electron chi connectivity index (χ0n) is 17.7. The molecule has 1 fully saturated rings. The molecule has 2 aromatic carbocycles. The van der Waals surface area contributed by atoms with Crippen molar-refractivity contribution in [3.63, 3.8) is 0 Å². The van der Waals surface area contributed by atoms with Crippen LogP contribution in [0.3, 0.4) is 0 Å².